The molecule has 1 aromatic carbocycles. The van der Waals surface area contributed by atoms with E-state index in [1.807, 2.05) is 6.92 Å². The van der Waals surface area contributed by atoms with E-state index >= 15 is 0 Å². The molecule has 2 aliphatic heterocycles. The summed E-state index contributed by atoms with van der Waals surface area (Å²) in [4.78, 5) is 17.0. The third kappa shape index (κ3) is 10.5. The van der Waals surface area contributed by atoms with Gasteiger partial charge in [0.2, 0.25) is 0 Å². The first-order chi connectivity index (χ1) is 28.3. The fourth-order valence-electron chi connectivity index (χ4n) is 6.95. The quantitative estimate of drug-likeness (QED) is 0.0387. The largest absolute Gasteiger partial charge is 0.498 e. The molecule has 1 aliphatic carbocycles. The number of thiophene rings is 2. The van der Waals surface area contributed by atoms with Gasteiger partial charge in [0.25, 0.3) is 0 Å². The van der Waals surface area contributed by atoms with Gasteiger partial charge in [-0.15, -0.1) is 22.7 Å². The number of unbranched alkanes of at least 4 members (excludes halogenated alkanes) is 6. The lowest BCUT2D eigenvalue weighted by Gasteiger charge is -2.33. The fourth-order valence-corrected chi connectivity index (χ4v) is 9.40. The second kappa shape index (κ2) is 21.0. The maximum Gasteiger partial charge on any atom is 0.346 e. The molecule has 3 aliphatic rings. The van der Waals surface area contributed by atoms with Crippen LogP contribution in [0.2, 0.25) is 0 Å². The number of fused-ring (bicyclic) bond motifs is 2. The molecule has 0 radical (unpaired) electrons. The Bertz CT molecular complexity index is 2080. The second-order valence-electron chi connectivity index (χ2n) is 14.3. The van der Waals surface area contributed by atoms with Crippen molar-refractivity contribution in [3.8, 4) is 49.3 Å². The minimum atomic E-state index is -1.31. The Balaban J connectivity index is 1.29. The first-order valence-corrected chi connectivity index (χ1v) is 22.0. The van der Waals surface area contributed by atoms with E-state index in [-0.39, 0.29) is 11.6 Å². The van der Waals surface area contributed by atoms with Gasteiger partial charge in [-0.1, -0.05) is 70.6 Å². The summed E-state index contributed by atoms with van der Waals surface area (Å²) in [7, 11) is 0. The zero-order valence-corrected chi connectivity index (χ0v) is 35.6. The van der Waals surface area contributed by atoms with Gasteiger partial charge in [0.1, 0.15) is 43.8 Å². The van der Waals surface area contributed by atoms with Crippen LogP contribution >= 0.6 is 22.7 Å². The standard InChI is InChI=1S/C46H54N2O8S2/c1-5-7-9-11-23-51-32(4)14-13-31(3)48(36-19-21-37(22-20-36)52-24-12-10-8-6-2)35-17-15-33(16-18-35)43-41-42(56-28-27-55-41)45(58-43)44-40-39(53-25-26-54-40)38(57-44)29-34(30-47)46(49)50/h13-19,21-22,29,36H,5-12,20,23-28H2,1-4H3,(H,49,50)/b31-13+,32-14+,34-29+. The van der Waals surface area contributed by atoms with Crippen LogP contribution in [0.15, 0.2) is 77.4 Å². The minimum absolute atomic E-state index is 0.0780. The molecular weight excluding hydrogens is 773 g/mol. The maximum atomic E-state index is 11.7. The Kier molecular flexibility index (Phi) is 15.4. The normalized spacial score (nSPS) is 16.4. The third-order valence-corrected chi connectivity index (χ3v) is 12.4. The molecule has 1 N–H and O–H groups in total. The van der Waals surface area contributed by atoms with E-state index in [1.165, 1.54) is 67.3 Å². The Morgan fingerprint density at radius 3 is 2.09 bits per heavy atom. The molecule has 308 valence electrons. The Morgan fingerprint density at radius 1 is 0.845 bits per heavy atom. The van der Waals surface area contributed by atoms with E-state index < -0.39 is 5.97 Å². The number of carboxylic acid groups (broad SMARTS) is 1. The van der Waals surface area contributed by atoms with Crippen LogP contribution in [-0.4, -0.2) is 56.8 Å². The van der Waals surface area contributed by atoms with Crippen LogP contribution in [0.1, 0.15) is 90.4 Å². The summed E-state index contributed by atoms with van der Waals surface area (Å²) < 4.78 is 36.7. The summed E-state index contributed by atoms with van der Waals surface area (Å²) in [6.07, 6.45) is 22.2. The number of allylic oxidation sites excluding steroid dienone is 5. The van der Waals surface area contributed by atoms with Crippen LogP contribution in [0.3, 0.4) is 0 Å². The van der Waals surface area contributed by atoms with Gasteiger partial charge in [-0.3, -0.25) is 0 Å². The van der Waals surface area contributed by atoms with Gasteiger partial charge in [-0.25, -0.2) is 4.79 Å². The van der Waals surface area contributed by atoms with Crippen molar-refractivity contribution in [3.05, 3.63) is 82.3 Å². The molecule has 0 saturated heterocycles. The maximum absolute atomic E-state index is 11.7. The first-order valence-electron chi connectivity index (χ1n) is 20.4. The van der Waals surface area contributed by atoms with Gasteiger partial charge in [-0.2, -0.15) is 5.26 Å². The summed E-state index contributed by atoms with van der Waals surface area (Å²) >= 11 is 2.83. The van der Waals surface area contributed by atoms with E-state index in [9.17, 15) is 15.2 Å². The fraction of sp³-hybridized carbons (Fsp3) is 0.435. The van der Waals surface area contributed by atoms with Crippen molar-refractivity contribution in [1.29, 1.82) is 5.26 Å². The van der Waals surface area contributed by atoms with Crippen molar-refractivity contribution in [2.75, 3.05) is 44.5 Å². The lowest BCUT2D eigenvalue weighted by Crippen LogP contribution is -2.33. The number of carboxylic acids is 1. The zero-order valence-electron chi connectivity index (χ0n) is 34.0. The number of hydrogen-bond donors (Lipinski definition) is 1. The van der Waals surface area contributed by atoms with Crippen molar-refractivity contribution in [1.82, 2.24) is 0 Å². The van der Waals surface area contributed by atoms with Crippen LogP contribution < -0.4 is 23.8 Å². The predicted molar refractivity (Wildman–Crippen MR) is 232 cm³/mol. The van der Waals surface area contributed by atoms with Crippen molar-refractivity contribution < 1.29 is 38.3 Å². The van der Waals surface area contributed by atoms with Crippen LogP contribution in [0.25, 0.3) is 26.3 Å². The Labute approximate surface area is 350 Å². The van der Waals surface area contributed by atoms with E-state index in [0.717, 1.165) is 75.6 Å². The molecule has 12 heteroatoms. The number of benzene rings is 1. The zero-order chi connectivity index (χ0) is 40.9. The molecule has 1 atom stereocenters. The topological polar surface area (TPSA) is 120 Å². The highest BCUT2D eigenvalue weighted by molar-refractivity contribution is 7.25. The lowest BCUT2D eigenvalue weighted by atomic mass is 10.0. The molecule has 0 fully saturated rings. The molecule has 0 spiro atoms. The SMILES string of the molecule is CCCCCCOC1=CCC(N(/C(C)=C/C=C(\C)OCCCCCC)c2ccc(-c3sc(-c4sc(/C=C(\C#N)C(=O)O)c5c4OCCO5)c4c3OCCO4)cc2)C=C1. The number of aliphatic carboxylic acids is 1. The van der Waals surface area contributed by atoms with E-state index in [2.05, 4.69) is 80.3 Å². The average molecular weight is 827 g/mol. The van der Waals surface area contributed by atoms with Gasteiger partial charge >= 0.3 is 5.97 Å². The van der Waals surface area contributed by atoms with Gasteiger partial charge in [0.05, 0.1) is 44.5 Å². The molecule has 0 saturated carbocycles. The molecule has 3 aromatic rings. The molecule has 0 amide bonds. The molecule has 6 rings (SSSR count). The van der Waals surface area contributed by atoms with Crippen LogP contribution in [0, 0.1) is 11.3 Å². The number of ether oxygens (including phenoxy) is 6. The third-order valence-electron chi connectivity index (χ3n) is 9.97. The number of carbonyl (C=O) groups is 1. The smallest absolute Gasteiger partial charge is 0.346 e. The summed E-state index contributed by atoms with van der Waals surface area (Å²) in [5.74, 6) is 2.72. The Morgan fingerprint density at radius 2 is 1.47 bits per heavy atom. The predicted octanol–water partition coefficient (Wildman–Crippen LogP) is 11.7. The highest BCUT2D eigenvalue weighted by Crippen LogP contribution is 2.60. The van der Waals surface area contributed by atoms with Crippen molar-refractivity contribution in [2.45, 2.75) is 91.5 Å². The van der Waals surface area contributed by atoms with Gasteiger partial charge < -0.3 is 38.4 Å². The number of hydrogen-bond acceptors (Lipinski definition) is 11. The first kappa shape index (κ1) is 42.5. The lowest BCUT2D eigenvalue weighted by molar-refractivity contribution is -0.132. The summed E-state index contributed by atoms with van der Waals surface area (Å²) in [6.45, 7) is 11.5. The molecular formula is C46H54N2O8S2. The highest BCUT2D eigenvalue weighted by Gasteiger charge is 2.33. The molecule has 1 unspecified atom stereocenters. The van der Waals surface area contributed by atoms with Gasteiger partial charge in [0, 0.05) is 11.4 Å². The van der Waals surface area contributed by atoms with Crippen LogP contribution in [0.5, 0.6) is 23.0 Å². The van der Waals surface area contributed by atoms with Crippen molar-refractivity contribution in [3.63, 3.8) is 0 Å². The van der Waals surface area contributed by atoms with Gasteiger partial charge in [0.15, 0.2) is 23.0 Å². The number of nitriles is 1. The monoisotopic (exact) mass is 826 g/mol. The number of anilines is 1. The summed E-state index contributed by atoms with van der Waals surface area (Å²) in [5, 5.41) is 19.0. The molecule has 2 aromatic heterocycles. The van der Waals surface area contributed by atoms with Gasteiger partial charge in [-0.05, 0) is 81.2 Å². The number of nitrogens with zero attached hydrogens (tertiary/aromatic N) is 2. The molecule has 0 bridgehead atoms. The average Bonchev–Trinajstić information content (AvgIpc) is 3.81. The van der Waals surface area contributed by atoms with E-state index in [0.29, 0.717) is 54.3 Å². The van der Waals surface area contributed by atoms with E-state index in [4.69, 9.17) is 28.4 Å². The molecule has 58 heavy (non-hydrogen) atoms. The van der Waals surface area contributed by atoms with Crippen LogP contribution in [-0.2, 0) is 14.3 Å². The minimum Gasteiger partial charge on any atom is -0.498 e. The van der Waals surface area contributed by atoms with E-state index in [1.54, 1.807) is 6.07 Å². The summed E-state index contributed by atoms with van der Waals surface area (Å²) in [6, 6.07) is 10.3. The van der Waals surface area contributed by atoms with Crippen molar-refractivity contribution in [2.24, 2.45) is 0 Å². The van der Waals surface area contributed by atoms with Crippen LogP contribution in [0.4, 0.5) is 5.69 Å². The number of rotatable bonds is 20. The highest BCUT2D eigenvalue weighted by atomic mass is 32.1. The summed E-state index contributed by atoms with van der Waals surface area (Å²) in [5.41, 5.74) is 2.70. The molecule has 4 heterocycles. The van der Waals surface area contributed by atoms with Crippen molar-refractivity contribution >= 4 is 40.4 Å². The Hall–Kier alpha value is -5.12. The molecule has 10 nitrogen and oxygen atoms in total. The second-order valence-corrected chi connectivity index (χ2v) is 16.4.